The molecule has 2 atom stereocenters. The number of rotatable bonds is 3. The van der Waals surface area contributed by atoms with Crippen molar-refractivity contribution >= 4 is 17.6 Å². The lowest BCUT2D eigenvalue weighted by atomic mass is 9.92. The number of aromatic carboxylic acids is 1. The van der Waals surface area contributed by atoms with E-state index in [0.717, 1.165) is 24.9 Å². The minimum Gasteiger partial charge on any atom is -0.478 e. The molecule has 0 spiro atoms. The van der Waals surface area contributed by atoms with Gasteiger partial charge in [-0.2, -0.15) is 0 Å². The quantitative estimate of drug-likeness (QED) is 0.789. The van der Waals surface area contributed by atoms with E-state index in [-0.39, 0.29) is 17.4 Å². The lowest BCUT2D eigenvalue weighted by Gasteiger charge is -2.27. The largest absolute Gasteiger partial charge is 0.478 e. The van der Waals surface area contributed by atoms with Crippen molar-refractivity contribution in [1.29, 1.82) is 0 Å². The first-order valence-electron chi connectivity index (χ1n) is 6.85. The van der Waals surface area contributed by atoms with Gasteiger partial charge in [0.1, 0.15) is 0 Å². The third-order valence-electron chi connectivity index (χ3n) is 3.73. The number of benzene rings is 1. The molecular formula is C15H20N2O3. The van der Waals surface area contributed by atoms with Crippen LogP contribution in [0.4, 0.5) is 5.69 Å². The number of carbonyl (C=O) groups is 2. The van der Waals surface area contributed by atoms with Crippen LogP contribution in [0.1, 0.15) is 35.7 Å². The van der Waals surface area contributed by atoms with Gasteiger partial charge in [0.25, 0.3) is 0 Å². The highest BCUT2D eigenvalue weighted by Crippen LogP contribution is 2.21. The highest BCUT2D eigenvalue weighted by molar-refractivity contribution is 5.94. The van der Waals surface area contributed by atoms with E-state index in [2.05, 4.69) is 17.6 Å². The summed E-state index contributed by atoms with van der Waals surface area (Å²) < 4.78 is 0. The molecule has 5 nitrogen and oxygen atoms in total. The summed E-state index contributed by atoms with van der Waals surface area (Å²) in [6, 6.07) is 5.09. The number of aryl methyl sites for hydroxylation is 1. The molecule has 0 saturated carbocycles. The topological polar surface area (TPSA) is 78.4 Å². The second kappa shape index (κ2) is 6.05. The van der Waals surface area contributed by atoms with Crippen molar-refractivity contribution in [2.24, 2.45) is 5.92 Å². The van der Waals surface area contributed by atoms with Gasteiger partial charge in [-0.15, -0.1) is 0 Å². The summed E-state index contributed by atoms with van der Waals surface area (Å²) in [5, 5.41) is 15.1. The number of anilines is 1. The Bertz CT molecular complexity index is 528. The van der Waals surface area contributed by atoms with E-state index >= 15 is 0 Å². The monoisotopic (exact) mass is 276 g/mol. The first-order chi connectivity index (χ1) is 9.47. The number of carbonyl (C=O) groups excluding carboxylic acids is 1. The summed E-state index contributed by atoms with van der Waals surface area (Å²) in [6.45, 7) is 4.73. The summed E-state index contributed by atoms with van der Waals surface area (Å²) in [5.74, 6) is -0.924. The van der Waals surface area contributed by atoms with E-state index in [1.165, 1.54) is 6.07 Å². The number of amides is 1. The van der Waals surface area contributed by atoms with Crippen LogP contribution in [0.25, 0.3) is 0 Å². The maximum Gasteiger partial charge on any atom is 0.335 e. The van der Waals surface area contributed by atoms with E-state index < -0.39 is 5.97 Å². The Hall–Kier alpha value is -1.88. The highest BCUT2D eigenvalue weighted by Gasteiger charge is 2.25. The fourth-order valence-corrected chi connectivity index (χ4v) is 2.54. The number of nitrogens with one attached hydrogen (secondary N) is 2. The van der Waals surface area contributed by atoms with Crippen molar-refractivity contribution in [3.05, 3.63) is 29.3 Å². The second-order valence-corrected chi connectivity index (χ2v) is 5.40. The third kappa shape index (κ3) is 3.36. The molecule has 1 aliphatic heterocycles. The molecule has 3 N–H and O–H groups in total. The lowest BCUT2D eigenvalue weighted by molar-refractivity contribution is -0.120. The summed E-state index contributed by atoms with van der Waals surface area (Å²) in [4.78, 5) is 23.1. The van der Waals surface area contributed by atoms with Crippen LogP contribution in [0.3, 0.4) is 0 Å². The molecule has 1 heterocycles. The zero-order valence-corrected chi connectivity index (χ0v) is 11.8. The van der Waals surface area contributed by atoms with Crippen LogP contribution < -0.4 is 10.6 Å². The van der Waals surface area contributed by atoms with Gasteiger partial charge in [-0.1, -0.05) is 0 Å². The molecule has 108 valence electrons. The average Bonchev–Trinajstić information content (AvgIpc) is 2.40. The molecule has 1 aromatic carbocycles. The van der Waals surface area contributed by atoms with Crippen molar-refractivity contribution in [1.82, 2.24) is 5.32 Å². The molecule has 1 aliphatic rings. The van der Waals surface area contributed by atoms with Gasteiger partial charge in [-0.25, -0.2) is 4.79 Å². The van der Waals surface area contributed by atoms with Crippen LogP contribution in [0.15, 0.2) is 18.2 Å². The Morgan fingerprint density at radius 1 is 1.40 bits per heavy atom. The first kappa shape index (κ1) is 14.5. The molecule has 1 aromatic rings. The average molecular weight is 276 g/mol. The summed E-state index contributed by atoms with van der Waals surface area (Å²) in [6.07, 6.45) is 1.67. The van der Waals surface area contributed by atoms with Gasteiger partial charge in [0.15, 0.2) is 0 Å². The summed E-state index contributed by atoms with van der Waals surface area (Å²) in [7, 11) is 0. The van der Waals surface area contributed by atoms with Crippen molar-refractivity contribution < 1.29 is 14.7 Å². The lowest BCUT2D eigenvalue weighted by Crippen LogP contribution is -2.40. The standard InChI is InChI=1S/C15H20N2O3/c1-9-7-12(15(19)20)3-4-13(9)17-14(18)11-5-6-16-10(2)8-11/h3-4,7,10-11,16H,5-6,8H2,1-2H3,(H,17,18)(H,19,20). The van der Waals surface area contributed by atoms with Crippen molar-refractivity contribution in [2.45, 2.75) is 32.7 Å². The van der Waals surface area contributed by atoms with Crippen molar-refractivity contribution in [2.75, 3.05) is 11.9 Å². The molecular weight excluding hydrogens is 256 g/mol. The SMILES string of the molecule is Cc1cc(C(=O)O)ccc1NC(=O)C1CCNC(C)C1. The number of hydrogen-bond acceptors (Lipinski definition) is 3. The third-order valence-corrected chi connectivity index (χ3v) is 3.73. The molecule has 0 radical (unpaired) electrons. The molecule has 1 saturated heterocycles. The number of carboxylic acid groups (broad SMARTS) is 1. The highest BCUT2D eigenvalue weighted by atomic mass is 16.4. The van der Waals surface area contributed by atoms with Crippen LogP contribution in [0, 0.1) is 12.8 Å². The van der Waals surface area contributed by atoms with Crippen molar-refractivity contribution in [3.8, 4) is 0 Å². The Morgan fingerprint density at radius 2 is 2.15 bits per heavy atom. The van der Waals surface area contributed by atoms with Gasteiger partial charge in [0.2, 0.25) is 5.91 Å². The molecule has 0 bridgehead atoms. The smallest absolute Gasteiger partial charge is 0.335 e. The van der Waals surface area contributed by atoms with Gasteiger partial charge >= 0.3 is 5.97 Å². The normalized spacial score (nSPS) is 22.3. The Kier molecular flexibility index (Phi) is 4.39. The van der Waals surface area contributed by atoms with Crippen LogP contribution >= 0.6 is 0 Å². The van der Waals surface area contributed by atoms with E-state index in [9.17, 15) is 9.59 Å². The molecule has 2 rings (SSSR count). The maximum absolute atomic E-state index is 12.2. The van der Waals surface area contributed by atoms with Gasteiger partial charge < -0.3 is 15.7 Å². The van der Waals surface area contributed by atoms with Crippen LogP contribution in [0.5, 0.6) is 0 Å². The van der Waals surface area contributed by atoms with E-state index in [0.29, 0.717) is 11.7 Å². The zero-order valence-electron chi connectivity index (χ0n) is 11.8. The van der Waals surface area contributed by atoms with Gasteiger partial charge in [0, 0.05) is 17.6 Å². The predicted octanol–water partition coefficient (Wildman–Crippen LogP) is 2.02. The van der Waals surface area contributed by atoms with Gasteiger partial charge in [0.05, 0.1) is 5.56 Å². The fraction of sp³-hybridized carbons (Fsp3) is 0.467. The van der Waals surface area contributed by atoms with Crippen LogP contribution in [-0.2, 0) is 4.79 Å². The molecule has 2 unspecified atom stereocenters. The second-order valence-electron chi connectivity index (χ2n) is 5.40. The molecule has 1 amide bonds. The van der Waals surface area contributed by atoms with Crippen LogP contribution in [-0.4, -0.2) is 29.6 Å². The first-order valence-corrected chi connectivity index (χ1v) is 6.85. The van der Waals surface area contributed by atoms with Gasteiger partial charge in [-0.3, -0.25) is 4.79 Å². The maximum atomic E-state index is 12.2. The minimum atomic E-state index is -0.960. The summed E-state index contributed by atoms with van der Waals surface area (Å²) >= 11 is 0. The Labute approximate surface area is 118 Å². The fourth-order valence-electron chi connectivity index (χ4n) is 2.54. The Balaban J connectivity index is 2.06. The van der Waals surface area contributed by atoms with E-state index in [1.807, 2.05) is 0 Å². The number of hydrogen-bond donors (Lipinski definition) is 3. The number of carboxylic acids is 1. The molecule has 5 heteroatoms. The molecule has 0 aliphatic carbocycles. The molecule has 20 heavy (non-hydrogen) atoms. The predicted molar refractivity (Wildman–Crippen MR) is 77.0 cm³/mol. The van der Waals surface area contributed by atoms with Crippen molar-refractivity contribution in [3.63, 3.8) is 0 Å². The summed E-state index contributed by atoms with van der Waals surface area (Å²) in [5.41, 5.74) is 1.68. The van der Waals surface area contributed by atoms with E-state index in [4.69, 9.17) is 5.11 Å². The van der Waals surface area contributed by atoms with Crippen LogP contribution in [0.2, 0.25) is 0 Å². The molecule has 1 fully saturated rings. The molecule has 0 aromatic heterocycles. The minimum absolute atomic E-state index is 0.0181. The zero-order chi connectivity index (χ0) is 14.7. The number of piperidine rings is 1. The van der Waals surface area contributed by atoms with E-state index in [1.54, 1.807) is 19.1 Å². The van der Waals surface area contributed by atoms with Gasteiger partial charge in [-0.05, 0) is 57.0 Å². The Morgan fingerprint density at radius 3 is 2.75 bits per heavy atom.